The normalized spacial score (nSPS) is 12.6. The quantitative estimate of drug-likeness (QED) is 0.356. The van der Waals surface area contributed by atoms with Crippen LogP contribution in [0, 0.1) is 0 Å². The number of aliphatic imine (C=N–C) groups is 1. The highest BCUT2D eigenvalue weighted by atomic mass is 16.5. The SMILES string of the molecule is CN(C)C(N)=NC(=O)N=c1ccccn1O. The van der Waals surface area contributed by atoms with Crippen LogP contribution < -0.4 is 11.2 Å². The minimum Gasteiger partial charge on any atom is -0.427 e. The van der Waals surface area contributed by atoms with E-state index in [-0.39, 0.29) is 11.4 Å². The number of nitrogens with zero attached hydrogens (tertiary/aromatic N) is 4. The second kappa shape index (κ2) is 4.96. The van der Waals surface area contributed by atoms with Crippen LogP contribution in [0.4, 0.5) is 4.79 Å². The first-order chi connectivity index (χ1) is 7.50. The molecule has 0 aliphatic rings. The summed E-state index contributed by atoms with van der Waals surface area (Å²) in [7, 11) is 3.31. The van der Waals surface area contributed by atoms with Crippen LogP contribution in [0.1, 0.15) is 0 Å². The van der Waals surface area contributed by atoms with Gasteiger partial charge in [-0.1, -0.05) is 6.07 Å². The van der Waals surface area contributed by atoms with E-state index in [0.717, 1.165) is 4.73 Å². The first-order valence-electron chi connectivity index (χ1n) is 4.48. The molecule has 0 saturated carbocycles. The monoisotopic (exact) mass is 223 g/mol. The number of carbonyl (C=O) groups is 1. The van der Waals surface area contributed by atoms with Crippen LogP contribution in [0.25, 0.3) is 0 Å². The van der Waals surface area contributed by atoms with Crippen molar-refractivity contribution in [1.82, 2.24) is 9.63 Å². The molecule has 0 unspecified atom stereocenters. The Morgan fingerprint density at radius 1 is 1.50 bits per heavy atom. The molecule has 1 aromatic rings. The van der Waals surface area contributed by atoms with Crippen molar-refractivity contribution in [2.45, 2.75) is 0 Å². The molecule has 3 N–H and O–H groups in total. The molecule has 0 bridgehead atoms. The first kappa shape index (κ1) is 11.8. The Morgan fingerprint density at radius 2 is 2.19 bits per heavy atom. The van der Waals surface area contributed by atoms with Gasteiger partial charge in [-0.15, -0.1) is 0 Å². The molecule has 0 atom stereocenters. The summed E-state index contributed by atoms with van der Waals surface area (Å²) in [5.74, 6) is 0.0502. The lowest BCUT2D eigenvalue weighted by Crippen LogP contribution is -2.31. The Kier molecular flexibility index (Phi) is 3.65. The predicted molar refractivity (Wildman–Crippen MR) is 57.9 cm³/mol. The highest BCUT2D eigenvalue weighted by Gasteiger charge is 2.00. The predicted octanol–water partition coefficient (Wildman–Crippen LogP) is -0.378. The van der Waals surface area contributed by atoms with E-state index in [4.69, 9.17) is 5.73 Å². The molecule has 0 aliphatic heterocycles. The number of guanidine groups is 1. The second-order valence-corrected chi connectivity index (χ2v) is 3.16. The van der Waals surface area contributed by atoms with Gasteiger partial charge >= 0.3 is 6.03 Å². The molecule has 86 valence electrons. The molecule has 1 aromatic heterocycles. The van der Waals surface area contributed by atoms with Crippen LogP contribution >= 0.6 is 0 Å². The minimum absolute atomic E-state index is 0.0502. The van der Waals surface area contributed by atoms with E-state index >= 15 is 0 Å². The lowest BCUT2D eigenvalue weighted by atomic mass is 10.5. The number of amides is 2. The maximum absolute atomic E-state index is 11.3. The molecule has 7 heteroatoms. The van der Waals surface area contributed by atoms with Crippen LogP contribution in [-0.2, 0) is 0 Å². The molecule has 7 nitrogen and oxygen atoms in total. The van der Waals surface area contributed by atoms with Crippen LogP contribution in [0.5, 0.6) is 0 Å². The van der Waals surface area contributed by atoms with Crippen molar-refractivity contribution in [3.05, 3.63) is 29.9 Å². The lowest BCUT2D eigenvalue weighted by molar-refractivity contribution is 0.171. The van der Waals surface area contributed by atoms with Crippen molar-refractivity contribution in [2.75, 3.05) is 14.1 Å². The molecule has 1 rings (SSSR count). The van der Waals surface area contributed by atoms with Gasteiger partial charge in [-0.05, 0) is 12.1 Å². The summed E-state index contributed by atoms with van der Waals surface area (Å²) < 4.78 is 0.721. The largest absolute Gasteiger partial charge is 0.427 e. The maximum Gasteiger partial charge on any atom is 0.372 e. The summed E-state index contributed by atoms with van der Waals surface area (Å²) in [4.78, 5) is 19.8. The highest BCUT2D eigenvalue weighted by Crippen LogP contribution is 1.84. The smallest absolute Gasteiger partial charge is 0.372 e. The van der Waals surface area contributed by atoms with Crippen molar-refractivity contribution in [2.24, 2.45) is 15.7 Å². The third-order valence-electron chi connectivity index (χ3n) is 1.70. The van der Waals surface area contributed by atoms with Crippen molar-refractivity contribution in [3.8, 4) is 0 Å². The number of hydrogen-bond donors (Lipinski definition) is 2. The van der Waals surface area contributed by atoms with Crippen LogP contribution in [0.3, 0.4) is 0 Å². The molecular formula is C9H13N5O2. The number of nitrogens with two attached hydrogens (primary N) is 1. The fourth-order valence-electron chi connectivity index (χ4n) is 0.835. The van der Waals surface area contributed by atoms with Gasteiger partial charge in [0.15, 0.2) is 5.49 Å². The highest BCUT2D eigenvalue weighted by molar-refractivity contribution is 5.91. The van der Waals surface area contributed by atoms with Crippen molar-refractivity contribution < 1.29 is 10.0 Å². The van der Waals surface area contributed by atoms with Crippen molar-refractivity contribution >= 4 is 12.0 Å². The molecule has 2 amide bonds. The van der Waals surface area contributed by atoms with Crippen LogP contribution in [-0.4, -0.2) is 40.9 Å². The van der Waals surface area contributed by atoms with Gasteiger partial charge in [0.1, 0.15) is 0 Å². The summed E-state index contributed by atoms with van der Waals surface area (Å²) in [6, 6.07) is 3.93. The molecule has 1 heterocycles. The standard InChI is InChI=1S/C9H13N5O2/c1-13(2)8(10)12-9(15)11-7-5-3-4-6-14(7)16/h3-6,16H,1-2H3,(H2,10,12,15). The number of urea groups is 1. The third kappa shape index (κ3) is 3.12. The fourth-order valence-corrected chi connectivity index (χ4v) is 0.835. The van der Waals surface area contributed by atoms with Gasteiger partial charge in [0.25, 0.3) is 0 Å². The summed E-state index contributed by atoms with van der Waals surface area (Å²) in [5, 5.41) is 9.28. The third-order valence-corrected chi connectivity index (χ3v) is 1.70. The molecule has 0 aliphatic carbocycles. The van der Waals surface area contributed by atoms with Crippen LogP contribution in [0.15, 0.2) is 34.4 Å². The first-order valence-corrected chi connectivity index (χ1v) is 4.48. The van der Waals surface area contributed by atoms with Crippen molar-refractivity contribution in [1.29, 1.82) is 0 Å². The lowest BCUT2D eigenvalue weighted by Gasteiger charge is -2.08. The minimum atomic E-state index is -0.778. The van der Waals surface area contributed by atoms with E-state index in [1.807, 2.05) is 0 Å². The number of rotatable bonds is 0. The van der Waals surface area contributed by atoms with E-state index in [9.17, 15) is 10.0 Å². The topological polar surface area (TPSA) is 96.2 Å². The maximum atomic E-state index is 11.3. The molecule has 0 fully saturated rings. The van der Waals surface area contributed by atoms with Crippen molar-refractivity contribution in [3.63, 3.8) is 0 Å². The molecule has 16 heavy (non-hydrogen) atoms. The summed E-state index contributed by atoms with van der Waals surface area (Å²) in [6.07, 6.45) is 1.35. The van der Waals surface area contributed by atoms with Gasteiger partial charge in [-0.2, -0.15) is 14.7 Å². The second-order valence-electron chi connectivity index (χ2n) is 3.16. The summed E-state index contributed by atoms with van der Waals surface area (Å²) >= 11 is 0. The zero-order valence-corrected chi connectivity index (χ0v) is 9.03. The van der Waals surface area contributed by atoms with Gasteiger partial charge < -0.3 is 15.8 Å². The summed E-state index contributed by atoms with van der Waals surface area (Å²) in [5.41, 5.74) is 5.52. The number of hydrogen-bond acceptors (Lipinski definition) is 2. The Morgan fingerprint density at radius 3 is 2.75 bits per heavy atom. The van der Waals surface area contributed by atoms with Gasteiger partial charge in [0.2, 0.25) is 5.96 Å². The number of carbonyl (C=O) groups excluding carboxylic acids is 1. The van der Waals surface area contributed by atoms with E-state index in [1.165, 1.54) is 17.2 Å². The summed E-state index contributed by atoms with van der Waals surface area (Å²) in [6.45, 7) is 0. The molecule has 0 aromatic carbocycles. The Bertz CT molecular complexity index is 475. The Labute approximate surface area is 92.1 Å². The van der Waals surface area contributed by atoms with Gasteiger partial charge in [0, 0.05) is 20.3 Å². The van der Waals surface area contributed by atoms with Gasteiger partial charge in [-0.3, -0.25) is 0 Å². The van der Waals surface area contributed by atoms with E-state index < -0.39 is 6.03 Å². The average Bonchev–Trinajstić information content (AvgIpc) is 2.21. The average molecular weight is 223 g/mol. The zero-order valence-electron chi connectivity index (χ0n) is 9.03. The Balaban J connectivity index is 2.99. The molecule has 0 spiro atoms. The van der Waals surface area contributed by atoms with Gasteiger partial charge in [-0.25, -0.2) is 4.79 Å². The van der Waals surface area contributed by atoms with Gasteiger partial charge in [0.05, 0.1) is 0 Å². The number of pyridine rings is 1. The fraction of sp³-hybridized carbons (Fsp3) is 0.222. The van der Waals surface area contributed by atoms with E-state index in [0.29, 0.717) is 0 Å². The van der Waals surface area contributed by atoms with Crippen LogP contribution in [0.2, 0.25) is 0 Å². The number of aromatic nitrogens is 1. The zero-order chi connectivity index (χ0) is 12.1. The molecule has 0 saturated heterocycles. The molecule has 0 radical (unpaired) electrons. The Hall–Kier alpha value is -2.31. The van der Waals surface area contributed by atoms with E-state index in [1.54, 1.807) is 26.2 Å². The van der Waals surface area contributed by atoms with E-state index in [2.05, 4.69) is 9.98 Å². The molecular weight excluding hydrogens is 210 g/mol.